The summed E-state index contributed by atoms with van der Waals surface area (Å²) in [5, 5.41) is 3.63. The molecule has 1 amide bonds. The zero-order chi connectivity index (χ0) is 18.3. The van der Waals surface area contributed by atoms with E-state index < -0.39 is 16.1 Å². The second kappa shape index (κ2) is 9.48. The topological polar surface area (TPSA) is 66.5 Å². The number of carbonyl (C=O) groups excluding carboxylic acids is 1. The Hall–Kier alpha value is -1.21. The summed E-state index contributed by atoms with van der Waals surface area (Å²) in [7, 11) is -3.55. The fraction of sp³-hybridized carbons (Fsp3) is 0.611. The molecule has 1 N–H and O–H groups in total. The van der Waals surface area contributed by atoms with E-state index in [1.807, 2.05) is 24.8 Å². The van der Waals surface area contributed by atoms with E-state index in [0.717, 1.165) is 17.3 Å². The van der Waals surface area contributed by atoms with E-state index >= 15 is 0 Å². The third-order valence-corrected chi connectivity index (χ3v) is 6.96. The molecule has 0 radical (unpaired) electrons. The summed E-state index contributed by atoms with van der Waals surface area (Å²) < 4.78 is 25.8. The van der Waals surface area contributed by atoms with Crippen LogP contribution >= 0.6 is 11.8 Å². The van der Waals surface area contributed by atoms with Crippen LogP contribution in [-0.2, 0) is 14.8 Å². The number of rotatable bonds is 9. The summed E-state index contributed by atoms with van der Waals surface area (Å²) in [6, 6.07) is 8.08. The van der Waals surface area contributed by atoms with Crippen molar-refractivity contribution in [1.82, 2.24) is 5.32 Å². The Morgan fingerprint density at radius 2 is 1.92 bits per heavy atom. The SMILES string of the molecule is CC[C@@H](C(=O)NCCSC1CCCC1)N(c1ccccc1)S(C)(=O)=O. The first-order chi connectivity index (χ1) is 11.9. The Kier molecular flexibility index (Phi) is 7.62. The number of benzene rings is 1. The van der Waals surface area contributed by atoms with E-state index in [-0.39, 0.29) is 5.91 Å². The lowest BCUT2D eigenvalue weighted by atomic mass is 10.2. The van der Waals surface area contributed by atoms with Gasteiger partial charge in [0.05, 0.1) is 11.9 Å². The quantitative estimate of drug-likeness (QED) is 0.665. The minimum atomic E-state index is -3.55. The predicted octanol–water partition coefficient (Wildman–Crippen LogP) is 3.02. The molecule has 140 valence electrons. The standard InChI is InChI=1S/C18H28N2O3S2/c1-3-17(18(21)19-13-14-24-16-11-7-8-12-16)20(25(2,22)23)15-9-5-4-6-10-15/h4-6,9-10,16-17H,3,7-8,11-14H2,1-2H3,(H,19,21)/t17-/m0/s1. The third kappa shape index (κ3) is 5.92. The van der Waals surface area contributed by atoms with E-state index in [2.05, 4.69) is 5.32 Å². The summed E-state index contributed by atoms with van der Waals surface area (Å²) >= 11 is 1.91. The van der Waals surface area contributed by atoms with Crippen LogP contribution in [0.2, 0.25) is 0 Å². The van der Waals surface area contributed by atoms with Crippen LogP contribution < -0.4 is 9.62 Å². The van der Waals surface area contributed by atoms with E-state index in [1.54, 1.807) is 24.3 Å². The Morgan fingerprint density at radius 1 is 1.28 bits per heavy atom. The molecule has 0 aromatic heterocycles. The van der Waals surface area contributed by atoms with Crippen LogP contribution in [0.5, 0.6) is 0 Å². The van der Waals surface area contributed by atoms with Gasteiger partial charge in [0.25, 0.3) is 0 Å². The lowest BCUT2D eigenvalue weighted by Gasteiger charge is -2.30. The van der Waals surface area contributed by atoms with Gasteiger partial charge >= 0.3 is 0 Å². The van der Waals surface area contributed by atoms with Gasteiger partial charge in [-0.05, 0) is 31.4 Å². The minimum absolute atomic E-state index is 0.233. The van der Waals surface area contributed by atoms with Crippen molar-refractivity contribution >= 4 is 33.4 Å². The van der Waals surface area contributed by atoms with Gasteiger partial charge in [-0.15, -0.1) is 0 Å². The van der Waals surface area contributed by atoms with Crippen LogP contribution in [0, 0.1) is 0 Å². The molecule has 1 aliphatic carbocycles. The van der Waals surface area contributed by atoms with Gasteiger partial charge in [0.1, 0.15) is 6.04 Å². The van der Waals surface area contributed by atoms with Crippen molar-refractivity contribution in [3.63, 3.8) is 0 Å². The smallest absolute Gasteiger partial charge is 0.243 e. The number of hydrogen-bond acceptors (Lipinski definition) is 4. The monoisotopic (exact) mass is 384 g/mol. The van der Waals surface area contributed by atoms with Gasteiger partial charge in [-0.3, -0.25) is 9.10 Å². The second-order valence-electron chi connectivity index (χ2n) is 6.39. The van der Waals surface area contributed by atoms with Gasteiger partial charge < -0.3 is 5.32 Å². The largest absolute Gasteiger partial charge is 0.353 e. The normalized spacial score (nSPS) is 16.6. The number of thioether (sulfide) groups is 1. The summed E-state index contributed by atoms with van der Waals surface area (Å²) in [6.07, 6.45) is 6.72. The van der Waals surface area contributed by atoms with Gasteiger partial charge in [-0.1, -0.05) is 38.0 Å². The average molecular weight is 385 g/mol. The van der Waals surface area contributed by atoms with Crippen molar-refractivity contribution in [3.05, 3.63) is 30.3 Å². The Balaban J connectivity index is 1.98. The summed E-state index contributed by atoms with van der Waals surface area (Å²) in [5.74, 6) is 0.639. The first-order valence-electron chi connectivity index (χ1n) is 8.87. The maximum Gasteiger partial charge on any atom is 0.243 e. The third-order valence-electron chi connectivity index (χ3n) is 4.40. The van der Waals surface area contributed by atoms with Crippen molar-refractivity contribution in [2.24, 2.45) is 0 Å². The van der Waals surface area contributed by atoms with Crippen molar-refractivity contribution in [2.45, 2.75) is 50.3 Å². The number of para-hydroxylation sites is 1. The Bertz CT molecular complexity index is 644. The van der Waals surface area contributed by atoms with Crippen LogP contribution in [-0.4, -0.2) is 44.2 Å². The highest BCUT2D eigenvalue weighted by molar-refractivity contribution is 7.99. The van der Waals surface area contributed by atoms with Crippen molar-refractivity contribution in [1.29, 1.82) is 0 Å². The van der Waals surface area contributed by atoms with E-state index in [0.29, 0.717) is 18.7 Å². The van der Waals surface area contributed by atoms with Crippen LogP contribution in [0.4, 0.5) is 5.69 Å². The molecule has 5 nitrogen and oxygen atoms in total. The number of sulfonamides is 1. The highest BCUT2D eigenvalue weighted by Crippen LogP contribution is 2.29. The highest BCUT2D eigenvalue weighted by atomic mass is 32.2. The minimum Gasteiger partial charge on any atom is -0.353 e. The van der Waals surface area contributed by atoms with Crippen molar-refractivity contribution in [2.75, 3.05) is 22.9 Å². The maximum atomic E-state index is 12.6. The van der Waals surface area contributed by atoms with E-state index in [4.69, 9.17) is 0 Å². The fourth-order valence-corrected chi connectivity index (χ4v) is 5.64. The van der Waals surface area contributed by atoms with Crippen LogP contribution in [0.3, 0.4) is 0 Å². The van der Waals surface area contributed by atoms with Gasteiger partial charge in [0, 0.05) is 17.5 Å². The molecule has 1 aromatic carbocycles. The van der Waals surface area contributed by atoms with Gasteiger partial charge in [-0.25, -0.2) is 8.42 Å². The number of amides is 1. The second-order valence-corrected chi connectivity index (χ2v) is 9.65. The molecule has 2 rings (SSSR count). The van der Waals surface area contributed by atoms with Gasteiger partial charge in [-0.2, -0.15) is 11.8 Å². The van der Waals surface area contributed by atoms with E-state index in [1.165, 1.54) is 30.0 Å². The Morgan fingerprint density at radius 3 is 2.48 bits per heavy atom. The summed E-state index contributed by atoms with van der Waals surface area (Å²) in [6.45, 7) is 2.40. The molecule has 0 unspecified atom stereocenters. The molecule has 0 heterocycles. The zero-order valence-electron chi connectivity index (χ0n) is 15.0. The molecule has 1 fully saturated rings. The molecule has 1 atom stereocenters. The molecule has 1 aliphatic rings. The molecule has 1 saturated carbocycles. The molecule has 25 heavy (non-hydrogen) atoms. The first kappa shape index (κ1) is 20.1. The molecular formula is C18H28N2O3S2. The number of nitrogens with one attached hydrogen (secondary N) is 1. The zero-order valence-corrected chi connectivity index (χ0v) is 16.6. The number of anilines is 1. The average Bonchev–Trinajstić information content (AvgIpc) is 3.09. The number of carbonyl (C=O) groups is 1. The van der Waals surface area contributed by atoms with Crippen LogP contribution in [0.1, 0.15) is 39.0 Å². The molecule has 0 bridgehead atoms. The molecule has 0 saturated heterocycles. The lowest BCUT2D eigenvalue weighted by molar-refractivity contribution is -0.122. The molecule has 1 aromatic rings. The van der Waals surface area contributed by atoms with Gasteiger partial charge in [0.15, 0.2) is 0 Å². The predicted molar refractivity (Wildman–Crippen MR) is 106 cm³/mol. The molecule has 7 heteroatoms. The summed E-state index contributed by atoms with van der Waals surface area (Å²) in [4.78, 5) is 12.6. The van der Waals surface area contributed by atoms with Crippen molar-refractivity contribution < 1.29 is 13.2 Å². The van der Waals surface area contributed by atoms with Crippen molar-refractivity contribution in [3.8, 4) is 0 Å². The fourth-order valence-electron chi connectivity index (χ4n) is 3.21. The van der Waals surface area contributed by atoms with Crippen LogP contribution in [0.15, 0.2) is 30.3 Å². The highest BCUT2D eigenvalue weighted by Gasteiger charge is 2.31. The first-order valence-corrected chi connectivity index (χ1v) is 11.8. The van der Waals surface area contributed by atoms with E-state index in [9.17, 15) is 13.2 Å². The number of nitrogens with zero attached hydrogens (tertiary/aromatic N) is 1. The summed E-state index contributed by atoms with van der Waals surface area (Å²) in [5.41, 5.74) is 0.521. The Labute approximate surface area is 155 Å². The molecular weight excluding hydrogens is 356 g/mol. The van der Waals surface area contributed by atoms with Crippen LogP contribution in [0.25, 0.3) is 0 Å². The maximum absolute atomic E-state index is 12.6. The molecule has 0 aliphatic heterocycles. The van der Waals surface area contributed by atoms with Gasteiger partial charge in [0.2, 0.25) is 15.9 Å². The number of hydrogen-bond donors (Lipinski definition) is 1. The lowest BCUT2D eigenvalue weighted by Crippen LogP contribution is -2.49. The molecule has 0 spiro atoms.